The summed E-state index contributed by atoms with van der Waals surface area (Å²) in [5.41, 5.74) is 6.37. The first-order valence-corrected chi connectivity index (χ1v) is 8.01. The molecule has 3 rings (SSSR count). The SMILES string of the molecule is Nc1ccc(C(=O)N(Cc2ccc(F)cc2)CC2CC2)cc1[N+](=O)[O-]. The predicted octanol–water partition coefficient (Wildman–Crippen LogP) is 3.37. The number of nitrogens with two attached hydrogens (primary N) is 1. The van der Waals surface area contributed by atoms with Crippen LogP contribution in [-0.2, 0) is 6.54 Å². The Hall–Kier alpha value is -2.96. The number of hydrogen-bond acceptors (Lipinski definition) is 4. The van der Waals surface area contributed by atoms with Crippen LogP contribution in [0.5, 0.6) is 0 Å². The van der Waals surface area contributed by atoms with Crippen LogP contribution >= 0.6 is 0 Å². The molecule has 0 saturated heterocycles. The van der Waals surface area contributed by atoms with Gasteiger partial charge in [0.1, 0.15) is 11.5 Å². The van der Waals surface area contributed by atoms with Crippen LogP contribution in [0.25, 0.3) is 0 Å². The number of nitrogen functional groups attached to an aromatic ring is 1. The molecule has 1 saturated carbocycles. The summed E-state index contributed by atoms with van der Waals surface area (Å²) in [7, 11) is 0. The third-order valence-corrected chi connectivity index (χ3v) is 4.22. The summed E-state index contributed by atoms with van der Waals surface area (Å²) in [6.07, 6.45) is 2.13. The van der Waals surface area contributed by atoms with Gasteiger partial charge in [0, 0.05) is 24.7 Å². The quantitative estimate of drug-likeness (QED) is 0.495. The van der Waals surface area contributed by atoms with Crippen LogP contribution in [0, 0.1) is 21.8 Å². The van der Waals surface area contributed by atoms with Gasteiger partial charge in [0.05, 0.1) is 4.92 Å². The molecule has 1 aliphatic rings. The Morgan fingerprint density at radius 3 is 2.52 bits per heavy atom. The van der Waals surface area contributed by atoms with E-state index >= 15 is 0 Å². The standard InChI is InChI=1S/C18H18FN3O3/c19-15-6-3-13(4-7-15)11-21(10-12-1-2-12)18(23)14-5-8-16(20)17(9-14)22(24)25/h3-9,12H,1-2,10-11,20H2. The number of carbonyl (C=O) groups excluding carboxylic acids is 1. The molecule has 0 heterocycles. The van der Waals surface area contributed by atoms with Crippen molar-refractivity contribution in [2.45, 2.75) is 19.4 Å². The molecule has 2 aromatic carbocycles. The largest absolute Gasteiger partial charge is 0.393 e. The molecule has 0 aliphatic heterocycles. The molecule has 1 aliphatic carbocycles. The van der Waals surface area contributed by atoms with E-state index in [0.717, 1.165) is 18.4 Å². The van der Waals surface area contributed by atoms with Crippen molar-refractivity contribution in [3.63, 3.8) is 0 Å². The lowest BCUT2D eigenvalue weighted by Crippen LogP contribution is -2.32. The van der Waals surface area contributed by atoms with Crippen molar-refractivity contribution in [1.29, 1.82) is 0 Å². The van der Waals surface area contributed by atoms with Crippen molar-refractivity contribution in [2.24, 2.45) is 5.92 Å². The van der Waals surface area contributed by atoms with E-state index in [4.69, 9.17) is 5.73 Å². The van der Waals surface area contributed by atoms with Crippen molar-refractivity contribution in [3.05, 3.63) is 69.5 Å². The summed E-state index contributed by atoms with van der Waals surface area (Å²) >= 11 is 0. The molecule has 0 atom stereocenters. The molecule has 0 spiro atoms. The molecule has 6 nitrogen and oxygen atoms in total. The first-order valence-electron chi connectivity index (χ1n) is 8.01. The number of halogens is 1. The molecular formula is C18H18FN3O3. The third-order valence-electron chi connectivity index (χ3n) is 4.22. The zero-order valence-electron chi connectivity index (χ0n) is 13.5. The molecule has 25 heavy (non-hydrogen) atoms. The minimum Gasteiger partial charge on any atom is -0.393 e. The zero-order chi connectivity index (χ0) is 18.0. The Balaban J connectivity index is 1.84. The van der Waals surface area contributed by atoms with E-state index in [0.29, 0.717) is 19.0 Å². The summed E-state index contributed by atoms with van der Waals surface area (Å²) < 4.78 is 13.1. The van der Waals surface area contributed by atoms with Crippen molar-refractivity contribution >= 4 is 17.3 Å². The Bertz CT molecular complexity index is 804. The van der Waals surface area contributed by atoms with Gasteiger partial charge < -0.3 is 10.6 Å². The van der Waals surface area contributed by atoms with E-state index in [2.05, 4.69) is 0 Å². The molecule has 2 N–H and O–H groups in total. The lowest BCUT2D eigenvalue weighted by Gasteiger charge is -2.23. The van der Waals surface area contributed by atoms with Crippen LogP contribution in [0.2, 0.25) is 0 Å². The average molecular weight is 343 g/mol. The second kappa shape index (κ2) is 6.88. The lowest BCUT2D eigenvalue weighted by atomic mass is 10.1. The molecule has 1 amide bonds. The van der Waals surface area contributed by atoms with E-state index in [9.17, 15) is 19.3 Å². The summed E-state index contributed by atoms with van der Waals surface area (Å²) in [5.74, 6) is -0.175. The van der Waals surface area contributed by atoms with Crippen LogP contribution in [-0.4, -0.2) is 22.3 Å². The summed E-state index contributed by atoms with van der Waals surface area (Å²) in [5, 5.41) is 11.0. The maximum Gasteiger partial charge on any atom is 0.292 e. The molecule has 130 valence electrons. The highest BCUT2D eigenvalue weighted by Gasteiger charge is 2.28. The van der Waals surface area contributed by atoms with Crippen LogP contribution in [0.1, 0.15) is 28.8 Å². The molecule has 0 aromatic heterocycles. The van der Waals surface area contributed by atoms with Crippen LogP contribution in [0.3, 0.4) is 0 Å². The lowest BCUT2D eigenvalue weighted by molar-refractivity contribution is -0.383. The third kappa shape index (κ3) is 4.12. The molecule has 0 bridgehead atoms. The summed E-state index contributed by atoms with van der Waals surface area (Å²) in [6, 6.07) is 10.0. The van der Waals surface area contributed by atoms with Crippen molar-refractivity contribution in [1.82, 2.24) is 4.90 Å². The van der Waals surface area contributed by atoms with Gasteiger partial charge in [0.2, 0.25) is 0 Å². The molecule has 0 radical (unpaired) electrons. The van der Waals surface area contributed by atoms with Crippen molar-refractivity contribution in [2.75, 3.05) is 12.3 Å². The van der Waals surface area contributed by atoms with Gasteiger partial charge in [-0.3, -0.25) is 14.9 Å². The van der Waals surface area contributed by atoms with E-state index in [1.807, 2.05) is 0 Å². The first kappa shape index (κ1) is 16.9. The Labute approximate surface area is 144 Å². The molecule has 2 aromatic rings. The van der Waals surface area contributed by atoms with Gasteiger partial charge in [-0.15, -0.1) is 0 Å². The number of amides is 1. The minimum absolute atomic E-state index is 0.0221. The number of nitro benzene ring substituents is 1. The van der Waals surface area contributed by atoms with Crippen LogP contribution < -0.4 is 5.73 Å². The highest BCUT2D eigenvalue weighted by Crippen LogP contribution is 2.31. The van der Waals surface area contributed by atoms with Crippen molar-refractivity contribution < 1.29 is 14.1 Å². The minimum atomic E-state index is -0.600. The van der Waals surface area contributed by atoms with Gasteiger partial charge in [-0.2, -0.15) is 0 Å². The Morgan fingerprint density at radius 1 is 1.24 bits per heavy atom. The molecule has 7 heteroatoms. The topological polar surface area (TPSA) is 89.5 Å². The van der Waals surface area contributed by atoms with Gasteiger partial charge in [0.25, 0.3) is 11.6 Å². The zero-order valence-corrected chi connectivity index (χ0v) is 13.5. The molecular weight excluding hydrogens is 325 g/mol. The number of rotatable bonds is 6. The highest BCUT2D eigenvalue weighted by atomic mass is 19.1. The maximum absolute atomic E-state index is 13.1. The highest BCUT2D eigenvalue weighted by molar-refractivity contribution is 5.95. The van der Waals surface area contributed by atoms with E-state index in [1.165, 1.54) is 30.3 Å². The van der Waals surface area contributed by atoms with E-state index in [-0.39, 0.29) is 28.7 Å². The number of anilines is 1. The van der Waals surface area contributed by atoms with Gasteiger partial charge in [-0.25, -0.2) is 4.39 Å². The van der Waals surface area contributed by atoms with Crippen LogP contribution in [0.15, 0.2) is 42.5 Å². The Morgan fingerprint density at radius 2 is 1.92 bits per heavy atom. The van der Waals surface area contributed by atoms with Crippen LogP contribution in [0.4, 0.5) is 15.8 Å². The fraction of sp³-hybridized carbons (Fsp3) is 0.278. The Kier molecular flexibility index (Phi) is 4.65. The number of hydrogen-bond donors (Lipinski definition) is 1. The van der Waals surface area contributed by atoms with Gasteiger partial charge in [-0.1, -0.05) is 12.1 Å². The number of benzene rings is 2. The predicted molar refractivity (Wildman–Crippen MR) is 91.4 cm³/mol. The fourth-order valence-corrected chi connectivity index (χ4v) is 2.66. The average Bonchev–Trinajstić information content (AvgIpc) is 3.40. The fourth-order valence-electron chi connectivity index (χ4n) is 2.66. The monoisotopic (exact) mass is 343 g/mol. The summed E-state index contributed by atoms with van der Waals surface area (Å²) in [4.78, 5) is 24.9. The van der Waals surface area contributed by atoms with Gasteiger partial charge >= 0.3 is 0 Å². The second-order valence-corrected chi connectivity index (χ2v) is 6.29. The summed E-state index contributed by atoms with van der Waals surface area (Å²) in [6.45, 7) is 0.905. The van der Waals surface area contributed by atoms with E-state index in [1.54, 1.807) is 17.0 Å². The molecule has 1 fully saturated rings. The molecule has 0 unspecified atom stereocenters. The number of nitro groups is 1. The van der Waals surface area contributed by atoms with Crippen molar-refractivity contribution in [3.8, 4) is 0 Å². The second-order valence-electron chi connectivity index (χ2n) is 6.29. The van der Waals surface area contributed by atoms with E-state index < -0.39 is 4.92 Å². The number of carbonyl (C=O) groups is 1. The first-order chi connectivity index (χ1) is 11.9. The van der Waals surface area contributed by atoms with Gasteiger partial charge in [0.15, 0.2) is 0 Å². The normalized spacial score (nSPS) is 13.5. The maximum atomic E-state index is 13.1. The number of nitrogens with zero attached hydrogens (tertiary/aromatic N) is 2. The smallest absolute Gasteiger partial charge is 0.292 e. The van der Waals surface area contributed by atoms with Gasteiger partial charge in [-0.05, 0) is 48.6 Å².